The van der Waals surface area contributed by atoms with Crippen molar-refractivity contribution < 1.29 is 9.59 Å². The SMILES string of the molecule is CC(C)CNC(=O)C(Cc1ccccc1)N(Cc1ccc(Br)cc1)C(=O)CSCc1ccc(Cl)c(Cl)c1. The average molecular weight is 622 g/mol. The molecular formula is C29H31BrCl2N2O2S. The number of nitrogens with one attached hydrogen (secondary N) is 1. The van der Waals surface area contributed by atoms with E-state index in [1.54, 1.807) is 11.0 Å². The first-order valence-electron chi connectivity index (χ1n) is 12.1. The zero-order valence-electron chi connectivity index (χ0n) is 20.9. The van der Waals surface area contributed by atoms with Gasteiger partial charge in [0.25, 0.3) is 0 Å². The van der Waals surface area contributed by atoms with Crippen molar-refractivity contribution >= 4 is 62.7 Å². The Morgan fingerprint density at radius 3 is 2.24 bits per heavy atom. The van der Waals surface area contributed by atoms with Crippen LogP contribution in [0.15, 0.2) is 77.3 Å². The predicted molar refractivity (Wildman–Crippen MR) is 159 cm³/mol. The lowest BCUT2D eigenvalue weighted by Gasteiger charge is -2.32. The third-order valence-corrected chi connectivity index (χ3v) is 7.96. The van der Waals surface area contributed by atoms with Crippen LogP contribution in [0.4, 0.5) is 0 Å². The number of hydrogen-bond acceptors (Lipinski definition) is 3. The standard InChI is InChI=1S/C29H31BrCl2N2O2S/c1-20(2)16-33-29(36)27(15-21-6-4-3-5-7-21)34(17-22-8-11-24(30)12-9-22)28(35)19-37-18-23-10-13-25(31)26(32)14-23/h3-14,20,27H,15-19H2,1-2H3,(H,33,36). The lowest BCUT2D eigenvalue weighted by atomic mass is 10.0. The molecule has 0 spiro atoms. The normalized spacial score (nSPS) is 11.8. The first-order valence-corrected chi connectivity index (χ1v) is 14.8. The molecule has 0 radical (unpaired) electrons. The summed E-state index contributed by atoms with van der Waals surface area (Å²) in [6.07, 6.45) is 0.435. The average Bonchev–Trinajstić information content (AvgIpc) is 2.88. The Hall–Kier alpha value is -1.99. The lowest BCUT2D eigenvalue weighted by molar-refractivity contribution is -0.139. The van der Waals surface area contributed by atoms with E-state index < -0.39 is 6.04 Å². The van der Waals surface area contributed by atoms with Crippen LogP contribution < -0.4 is 5.32 Å². The van der Waals surface area contributed by atoms with Crippen LogP contribution in [0.1, 0.15) is 30.5 Å². The van der Waals surface area contributed by atoms with E-state index in [9.17, 15) is 9.59 Å². The Kier molecular flexibility index (Phi) is 11.8. The van der Waals surface area contributed by atoms with Gasteiger partial charge in [0.05, 0.1) is 15.8 Å². The smallest absolute Gasteiger partial charge is 0.243 e. The topological polar surface area (TPSA) is 49.4 Å². The Morgan fingerprint density at radius 2 is 1.59 bits per heavy atom. The molecule has 196 valence electrons. The van der Waals surface area contributed by atoms with Crippen LogP contribution in [-0.4, -0.2) is 35.1 Å². The summed E-state index contributed by atoms with van der Waals surface area (Å²) < 4.78 is 0.960. The van der Waals surface area contributed by atoms with Crippen molar-refractivity contribution in [1.82, 2.24) is 10.2 Å². The molecule has 3 aromatic rings. The molecule has 2 amide bonds. The molecule has 0 aliphatic rings. The minimum atomic E-state index is -0.636. The maximum atomic E-state index is 13.7. The monoisotopic (exact) mass is 620 g/mol. The molecular weight excluding hydrogens is 591 g/mol. The molecule has 37 heavy (non-hydrogen) atoms. The van der Waals surface area contributed by atoms with Crippen molar-refractivity contribution in [1.29, 1.82) is 0 Å². The molecule has 0 saturated carbocycles. The molecule has 0 aliphatic carbocycles. The van der Waals surface area contributed by atoms with Gasteiger partial charge in [-0.2, -0.15) is 0 Å². The van der Waals surface area contributed by atoms with Crippen molar-refractivity contribution in [2.24, 2.45) is 5.92 Å². The zero-order valence-corrected chi connectivity index (χ0v) is 24.8. The minimum Gasteiger partial charge on any atom is -0.354 e. The molecule has 1 atom stereocenters. The summed E-state index contributed by atoms with van der Waals surface area (Å²) in [6, 6.07) is 22.5. The van der Waals surface area contributed by atoms with Gasteiger partial charge in [-0.15, -0.1) is 11.8 Å². The van der Waals surface area contributed by atoms with Crippen LogP contribution in [0.2, 0.25) is 10.0 Å². The third-order valence-electron chi connectivity index (χ3n) is 5.70. The molecule has 3 rings (SSSR count). The molecule has 4 nitrogen and oxygen atoms in total. The molecule has 0 bridgehead atoms. The van der Waals surface area contributed by atoms with Crippen molar-refractivity contribution in [3.8, 4) is 0 Å². The fourth-order valence-corrected chi connectivity index (χ4v) is 5.17. The third kappa shape index (κ3) is 9.68. The van der Waals surface area contributed by atoms with Crippen LogP contribution in [-0.2, 0) is 28.3 Å². The Bertz CT molecular complexity index is 1180. The largest absolute Gasteiger partial charge is 0.354 e. The van der Waals surface area contributed by atoms with E-state index in [0.29, 0.717) is 41.2 Å². The predicted octanol–water partition coefficient (Wildman–Crippen LogP) is 7.40. The van der Waals surface area contributed by atoms with Crippen LogP contribution in [0.3, 0.4) is 0 Å². The van der Waals surface area contributed by atoms with Crippen LogP contribution in [0, 0.1) is 5.92 Å². The quantitative estimate of drug-likeness (QED) is 0.229. The number of thioether (sulfide) groups is 1. The van der Waals surface area contributed by atoms with Gasteiger partial charge in [-0.25, -0.2) is 0 Å². The van der Waals surface area contributed by atoms with Gasteiger partial charge in [-0.1, -0.05) is 102 Å². The fraction of sp³-hybridized carbons (Fsp3) is 0.310. The van der Waals surface area contributed by atoms with E-state index in [0.717, 1.165) is 21.2 Å². The highest BCUT2D eigenvalue weighted by Crippen LogP contribution is 2.25. The zero-order chi connectivity index (χ0) is 26.8. The van der Waals surface area contributed by atoms with Crippen molar-refractivity contribution in [2.75, 3.05) is 12.3 Å². The summed E-state index contributed by atoms with van der Waals surface area (Å²) in [5.74, 6) is 0.918. The molecule has 0 aliphatic heterocycles. The Labute approximate surface area is 242 Å². The second kappa shape index (κ2) is 14.8. The van der Waals surface area contributed by atoms with Crippen molar-refractivity contribution in [3.63, 3.8) is 0 Å². The van der Waals surface area contributed by atoms with E-state index in [1.807, 2.05) is 66.7 Å². The number of amides is 2. The molecule has 0 fully saturated rings. The molecule has 0 heterocycles. The maximum absolute atomic E-state index is 13.7. The molecule has 3 aromatic carbocycles. The second-order valence-corrected chi connectivity index (χ2v) is 11.9. The summed E-state index contributed by atoms with van der Waals surface area (Å²) in [5.41, 5.74) is 2.95. The minimum absolute atomic E-state index is 0.0893. The Balaban J connectivity index is 1.83. The van der Waals surface area contributed by atoms with E-state index in [4.69, 9.17) is 23.2 Å². The van der Waals surface area contributed by atoms with Crippen molar-refractivity contribution in [2.45, 2.75) is 38.6 Å². The summed E-state index contributed by atoms with van der Waals surface area (Å²) in [7, 11) is 0. The highest BCUT2D eigenvalue weighted by Gasteiger charge is 2.30. The maximum Gasteiger partial charge on any atom is 0.243 e. The fourth-order valence-electron chi connectivity index (χ4n) is 3.73. The molecule has 8 heteroatoms. The van der Waals surface area contributed by atoms with Crippen LogP contribution in [0.5, 0.6) is 0 Å². The Morgan fingerprint density at radius 1 is 0.919 bits per heavy atom. The lowest BCUT2D eigenvalue weighted by Crippen LogP contribution is -2.51. The van der Waals surface area contributed by atoms with E-state index in [-0.39, 0.29) is 17.6 Å². The highest BCUT2D eigenvalue weighted by molar-refractivity contribution is 9.10. The summed E-state index contributed by atoms with van der Waals surface area (Å²) in [4.78, 5) is 28.8. The summed E-state index contributed by atoms with van der Waals surface area (Å²) in [5, 5.41) is 4.05. The number of carbonyl (C=O) groups is 2. The van der Waals surface area contributed by atoms with Gasteiger partial charge in [0, 0.05) is 29.7 Å². The number of halogens is 3. The summed E-state index contributed by atoms with van der Waals surface area (Å²) in [6.45, 7) is 5.00. The number of nitrogens with zero attached hydrogens (tertiary/aromatic N) is 1. The van der Waals surface area contributed by atoms with Gasteiger partial charge in [-0.05, 0) is 46.9 Å². The highest BCUT2D eigenvalue weighted by atomic mass is 79.9. The van der Waals surface area contributed by atoms with E-state index in [1.165, 1.54) is 11.8 Å². The molecule has 1 N–H and O–H groups in total. The first kappa shape index (κ1) is 29.6. The van der Waals surface area contributed by atoms with Crippen LogP contribution in [0.25, 0.3) is 0 Å². The van der Waals surface area contributed by atoms with E-state index in [2.05, 4.69) is 35.1 Å². The molecule has 0 saturated heterocycles. The summed E-state index contributed by atoms with van der Waals surface area (Å²) >= 11 is 17.1. The van der Waals surface area contributed by atoms with Gasteiger partial charge in [0.15, 0.2) is 0 Å². The van der Waals surface area contributed by atoms with Gasteiger partial charge >= 0.3 is 0 Å². The van der Waals surface area contributed by atoms with Gasteiger partial charge in [-0.3, -0.25) is 9.59 Å². The molecule has 1 unspecified atom stereocenters. The van der Waals surface area contributed by atoms with Crippen LogP contribution >= 0.6 is 50.9 Å². The number of hydrogen-bond donors (Lipinski definition) is 1. The van der Waals surface area contributed by atoms with E-state index >= 15 is 0 Å². The second-order valence-electron chi connectivity index (χ2n) is 9.23. The number of benzene rings is 3. The molecule has 0 aromatic heterocycles. The van der Waals surface area contributed by atoms with Gasteiger partial charge < -0.3 is 10.2 Å². The van der Waals surface area contributed by atoms with Gasteiger partial charge in [0.1, 0.15) is 6.04 Å². The number of carbonyl (C=O) groups excluding carboxylic acids is 2. The van der Waals surface area contributed by atoms with Crippen molar-refractivity contribution in [3.05, 3.63) is 104 Å². The first-order chi connectivity index (χ1) is 17.7. The number of rotatable bonds is 12. The van der Waals surface area contributed by atoms with Gasteiger partial charge in [0.2, 0.25) is 11.8 Å².